The molecule has 0 saturated carbocycles. The molecule has 0 aromatic heterocycles. The Morgan fingerprint density at radius 2 is 1.68 bits per heavy atom. The van der Waals surface area contributed by atoms with Gasteiger partial charge in [-0.05, 0) is 18.4 Å². The fourth-order valence-corrected chi connectivity index (χ4v) is 2.03. The second-order valence-corrected chi connectivity index (χ2v) is 5.88. The summed E-state index contributed by atoms with van der Waals surface area (Å²) in [6, 6.07) is 7.13. The lowest BCUT2D eigenvalue weighted by Crippen LogP contribution is -2.49. The first-order chi connectivity index (χ1) is 11.7. The summed E-state index contributed by atoms with van der Waals surface area (Å²) in [5.41, 5.74) is 5.65. The Labute approximate surface area is 146 Å². The van der Waals surface area contributed by atoms with E-state index in [1.165, 1.54) is 6.92 Å². The molecule has 4 N–H and O–H groups in total. The summed E-state index contributed by atoms with van der Waals surface area (Å²) in [6.45, 7) is 4.78. The number of hydrogen-bond donors (Lipinski definition) is 3. The second-order valence-electron chi connectivity index (χ2n) is 5.88. The zero-order chi connectivity index (χ0) is 19.0. The van der Waals surface area contributed by atoms with Crippen LogP contribution < -0.4 is 16.4 Å². The molecule has 0 saturated heterocycles. The maximum Gasteiger partial charge on any atom is 0.329 e. The Bertz CT molecular complexity index is 630. The molecule has 1 aromatic carbocycles. The van der Waals surface area contributed by atoms with Gasteiger partial charge in [0.1, 0.15) is 6.04 Å². The summed E-state index contributed by atoms with van der Waals surface area (Å²) >= 11 is 0. The Morgan fingerprint density at radius 1 is 1.08 bits per heavy atom. The Hall–Kier alpha value is -2.90. The highest BCUT2D eigenvalue weighted by Crippen LogP contribution is 2.08. The average molecular weight is 349 g/mol. The van der Waals surface area contributed by atoms with Crippen LogP contribution in [-0.2, 0) is 25.5 Å². The maximum atomic E-state index is 12.2. The van der Waals surface area contributed by atoms with Crippen LogP contribution in [0.4, 0.5) is 4.79 Å². The van der Waals surface area contributed by atoms with E-state index in [4.69, 9.17) is 10.5 Å². The molecule has 0 aliphatic carbocycles. The normalized spacial score (nSPS) is 12.8. The molecule has 0 fully saturated rings. The van der Waals surface area contributed by atoms with Gasteiger partial charge in [-0.2, -0.15) is 0 Å². The number of hydrogen-bond acceptors (Lipinski definition) is 5. The minimum Gasteiger partial charge on any atom is -0.451 e. The van der Waals surface area contributed by atoms with Gasteiger partial charge < -0.3 is 15.8 Å². The van der Waals surface area contributed by atoms with Gasteiger partial charge in [0.05, 0.1) is 6.42 Å². The molecule has 0 bridgehead atoms. The first-order valence-corrected chi connectivity index (χ1v) is 7.84. The van der Waals surface area contributed by atoms with Crippen molar-refractivity contribution in [1.29, 1.82) is 0 Å². The lowest BCUT2D eigenvalue weighted by Gasteiger charge is -2.22. The molecule has 8 heteroatoms. The van der Waals surface area contributed by atoms with Crippen LogP contribution in [0, 0.1) is 5.92 Å². The third kappa shape index (κ3) is 7.03. The summed E-state index contributed by atoms with van der Waals surface area (Å²) in [4.78, 5) is 46.6. The predicted octanol–water partition coefficient (Wildman–Crippen LogP) is 0.496. The van der Waals surface area contributed by atoms with Crippen LogP contribution in [0.3, 0.4) is 0 Å². The van der Waals surface area contributed by atoms with Crippen molar-refractivity contribution >= 4 is 23.8 Å². The van der Waals surface area contributed by atoms with Gasteiger partial charge >= 0.3 is 12.0 Å². The number of carbonyl (C=O) groups is 4. The molecule has 25 heavy (non-hydrogen) atoms. The summed E-state index contributed by atoms with van der Waals surface area (Å²) in [6.07, 6.45) is -1.10. The van der Waals surface area contributed by atoms with Crippen molar-refractivity contribution in [3.63, 3.8) is 0 Å². The van der Waals surface area contributed by atoms with Crippen molar-refractivity contribution in [2.45, 2.75) is 39.3 Å². The minimum absolute atomic E-state index is 0.120. The van der Waals surface area contributed by atoms with Gasteiger partial charge in [-0.3, -0.25) is 14.9 Å². The maximum absolute atomic E-state index is 12.2. The molecular formula is C17H23N3O5. The molecular weight excluding hydrogens is 326 g/mol. The lowest BCUT2D eigenvalue weighted by molar-refractivity contribution is -0.158. The molecule has 2 unspecified atom stereocenters. The van der Waals surface area contributed by atoms with Crippen molar-refractivity contribution < 1.29 is 23.9 Å². The van der Waals surface area contributed by atoms with Crippen molar-refractivity contribution in [2.24, 2.45) is 11.7 Å². The van der Waals surface area contributed by atoms with Crippen molar-refractivity contribution in [3.8, 4) is 0 Å². The molecule has 8 nitrogen and oxygen atoms in total. The zero-order valence-electron chi connectivity index (χ0n) is 14.4. The number of urea groups is 1. The topological polar surface area (TPSA) is 128 Å². The quantitative estimate of drug-likeness (QED) is 0.618. The summed E-state index contributed by atoms with van der Waals surface area (Å²) < 4.78 is 5.01. The van der Waals surface area contributed by atoms with Gasteiger partial charge in [0.25, 0.3) is 5.91 Å². The van der Waals surface area contributed by atoms with Gasteiger partial charge in [0.2, 0.25) is 5.91 Å². The molecule has 0 aliphatic rings. The SMILES string of the molecule is CC(OC(=O)C(NC(=O)Cc1ccccc1)C(C)C)C(=O)NC(N)=O. The fraction of sp³-hybridized carbons (Fsp3) is 0.412. The van der Waals surface area contributed by atoms with Crippen molar-refractivity contribution in [1.82, 2.24) is 10.6 Å². The Balaban J connectivity index is 2.65. The number of carbonyl (C=O) groups excluding carboxylic acids is 4. The van der Waals surface area contributed by atoms with Gasteiger partial charge in [-0.1, -0.05) is 44.2 Å². The second kappa shape index (κ2) is 9.41. The highest BCUT2D eigenvalue weighted by Gasteiger charge is 2.29. The van der Waals surface area contributed by atoms with Gasteiger partial charge in [0.15, 0.2) is 6.10 Å². The van der Waals surface area contributed by atoms with Crippen LogP contribution in [0.1, 0.15) is 26.3 Å². The Morgan fingerprint density at radius 3 is 2.20 bits per heavy atom. The summed E-state index contributed by atoms with van der Waals surface area (Å²) in [5.74, 6) is -2.18. The van der Waals surface area contributed by atoms with E-state index in [2.05, 4.69) is 5.32 Å². The first-order valence-electron chi connectivity index (χ1n) is 7.84. The van der Waals surface area contributed by atoms with E-state index in [1.807, 2.05) is 23.5 Å². The molecule has 0 radical (unpaired) electrons. The van der Waals surface area contributed by atoms with Gasteiger partial charge in [0, 0.05) is 0 Å². The van der Waals surface area contributed by atoms with Crippen molar-refractivity contribution in [3.05, 3.63) is 35.9 Å². The van der Waals surface area contributed by atoms with E-state index >= 15 is 0 Å². The average Bonchev–Trinajstić information content (AvgIpc) is 2.52. The molecule has 136 valence electrons. The molecule has 0 aliphatic heterocycles. The number of primary amides is 1. The van der Waals surface area contributed by atoms with Crippen LogP contribution in [-0.4, -0.2) is 36.0 Å². The van der Waals surface area contributed by atoms with Crippen LogP contribution in [0.25, 0.3) is 0 Å². The lowest BCUT2D eigenvalue weighted by atomic mass is 10.0. The number of esters is 1. The molecule has 2 atom stereocenters. The summed E-state index contributed by atoms with van der Waals surface area (Å²) in [7, 11) is 0. The highest BCUT2D eigenvalue weighted by molar-refractivity contribution is 5.96. The molecule has 1 aromatic rings. The van der Waals surface area contributed by atoms with Crippen LogP contribution >= 0.6 is 0 Å². The number of amides is 4. The third-order valence-corrected chi connectivity index (χ3v) is 3.35. The van der Waals surface area contributed by atoms with E-state index in [0.717, 1.165) is 5.56 Å². The number of nitrogens with one attached hydrogen (secondary N) is 2. The van der Waals surface area contributed by atoms with E-state index in [9.17, 15) is 19.2 Å². The number of benzene rings is 1. The molecule has 1 rings (SSSR count). The Kier molecular flexibility index (Phi) is 7.58. The summed E-state index contributed by atoms with van der Waals surface area (Å²) in [5, 5.41) is 4.44. The first kappa shape index (κ1) is 20.1. The number of nitrogens with two attached hydrogens (primary N) is 1. The smallest absolute Gasteiger partial charge is 0.329 e. The third-order valence-electron chi connectivity index (χ3n) is 3.35. The van der Waals surface area contributed by atoms with E-state index in [0.29, 0.717) is 0 Å². The van der Waals surface area contributed by atoms with E-state index in [1.54, 1.807) is 26.0 Å². The van der Waals surface area contributed by atoms with E-state index in [-0.39, 0.29) is 18.2 Å². The number of rotatable bonds is 7. The zero-order valence-corrected chi connectivity index (χ0v) is 14.4. The number of imide groups is 1. The van der Waals surface area contributed by atoms with Crippen LogP contribution in [0.2, 0.25) is 0 Å². The highest BCUT2D eigenvalue weighted by atomic mass is 16.5. The van der Waals surface area contributed by atoms with Gasteiger partial charge in [-0.25, -0.2) is 9.59 Å². The van der Waals surface area contributed by atoms with E-state index < -0.39 is 30.1 Å². The minimum atomic E-state index is -1.22. The predicted molar refractivity (Wildman–Crippen MR) is 90.2 cm³/mol. The van der Waals surface area contributed by atoms with Crippen molar-refractivity contribution in [2.75, 3.05) is 0 Å². The molecule has 0 spiro atoms. The van der Waals surface area contributed by atoms with Crippen LogP contribution in [0.15, 0.2) is 30.3 Å². The standard InChI is InChI=1S/C17H23N3O5/c1-10(2)14(16(23)25-11(3)15(22)20-17(18)24)19-13(21)9-12-7-5-4-6-8-12/h4-8,10-11,14H,9H2,1-3H3,(H,19,21)(H3,18,20,22,24). The molecule has 0 heterocycles. The van der Waals surface area contributed by atoms with Crippen LogP contribution in [0.5, 0.6) is 0 Å². The molecule has 4 amide bonds. The van der Waals surface area contributed by atoms with Gasteiger partial charge in [-0.15, -0.1) is 0 Å². The fourth-order valence-electron chi connectivity index (χ4n) is 2.03. The largest absolute Gasteiger partial charge is 0.451 e. The monoisotopic (exact) mass is 349 g/mol. The number of ether oxygens (including phenoxy) is 1.